The number of ether oxygens (including phenoxy) is 3. The molecule has 13 heteroatoms. The second-order valence-electron chi connectivity index (χ2n) is 16.2. The Labute approximate surface area is 356 Å². The van der Waals surface area contributed by atoms with Gasteiger partial charge in [-0.15, -0.1) is 18.3 Å². The van der Waals surface area contributed by atoms with Crippen molar-refractivity contribution >= 4 is 29.1 Å². The highest BCUT2D eigenvalue weighted by atomic mass is 32.2. The monoisotopic (exact) mass is 839 g/mol. The molecule has 12 nitrogen and oxygen atoms in total. The number of likely N-dealkylation sites (N-methyl/N-ethyl adjacent to an activating group) is 1. The molecule has 6 unspecified atom stereocenters. The van der Waals surface area contributed by atoms with Crippen molar-refractivity contribution < 1.29 is 39.0 Å². The van der Waals surface area contributed by atoms with Crippen LogP contribution in [-0.4, -0.2) is 82.7 Å². The Bertz CT molecular complexity index is 2010. The number of nitrogens with zero attached hydrogens (tertiary/aromatic N) is 3. The van der Waals surface area contributed by atoms with Crippen LogP contribution in [0.15, 0.2) is 107 Å². The van der Waals surface area contributed by atoms with E-state index in [-0.39, 0.29) is 61.7 Å². The molecule has 7 rings (SSSR count). The van der Waals surface area contributed by atoms with Crippen LogP contribution in [0, 0.1) is 33.8 Å². The quantitative estimate of drug-likeness (QED) is 0.0331. The van der Waals surface area contributed by atoms with E-state index in [2.05, 4.69) is 30.9 Å². The van der Waals surface area contributed by atoms with Gasteiger partial charge in [0.15, 0.2) is 0 Å². The van der Waals surface area contributed by atoms with Gasteiger partial charge >= 0.3 is 0 Å². The molecule has 3 aromatic rings. The van der Waals surface area contributed by atoms with E-state index in [1.165, 1.54) is 17.0 Å². The fraction of sp³-hybridized carbons (Fsp3) is 0.489. The van der Waals surface area contributed by atoms with Gasteiger partial charge in [0.2, 0.25) is 11.7 Å². The van der Waals surface area contributed by atoms with Gasteiger partial charge in [-0.2, -0.15) is 0 Å². The van der Waals surface area contributed by atoms with Gasteiger partial charge in [-0.05, 0) is 104 Å². The first kappa shape index (κ1) is 43.4. The lowest BCUT2D eigenvalue weighted by atomic mass is 9.55. The van der Waals surface area contributed by atoms with E-state index in [4.69, 9.17) is 24.2 Å². The summed E-state index contributed by atoms with van der Waals surface area (Å²) in [5.41, 5.74) is 3.37. The van der Waals surface area contributed by atoms with E-state index < -0.39 is 22.7 Å². The van der Waals surface area contributed by atoms with E-state index in [1.807, 2.05) is 37.4 Å². The lowest BCUT2D eigenvalue weighted by Crippen LogP contribution is -2.69. The van der Waals surface area contributed by atoms with Crippen molar-refractivity contribution in [2.75, 3.05) is 39.2 Å². The van der Waals surface area contributed by atoms with Crippen LogP contribution in [0.5, 0.6) is 11.5 Å². The smallest absolute Gasteiger partial charge is 0.269 e. The van der Waals surface area contributed by atoms with Crippen LogP contribution >= 0.6 is 11.8 Å². The van der Waals surface area contributed by atoms with Crippen LogP contribution in [0.2, 0.25) is 0 Å². The molecule has 1 aliphatic heterocycles. The Morgan fingerprint density at radius 3 is 2.50 bits per heavy atom. The van der Waals surface area contributed by atoms with Gasteiger partial charge in [0.05, 0.1) is 29.8 Å². The first-order valence-corrected chi connectivity index (χ1v) is 22.3. The van der Waals surface area contributed by atoms with Gasteiger partial charge in [-0.3, -0.25) is 14.9 Å². The number of carbonyl (C=O) groups excluding carboxylic acids is 1. The van der Waals surface area contributed by atoms with Crippen LogP contribution in [0.3, 0.4) is 0 Å². The number of benzene rings is 3. The average molecular weight is 840 g/mol. The van der Waals surface area contributed by atoms with Crippen LogP contribution in [-0.2, 0) is 21.0 Å². The molecule has 2 N–H and O–H groups in total. The zero-order valence-electron chi connectivity index (χ0n) is 34.4. The third-order valence-corrected chi connectivity index (χ3v) is 13.3. The summed E-state index contributed by atoms with van der Waals surface area (Å²) in [7, 11) is 1.84. The highest BCUT2D eigenvalue weighted by Gasteiger charge is 2.65. The van der Waals surface area contributed by atoms with E-state index in [0.717, 1.165) is 66.7 Å². The number of hydrogen-bond donors (Lipinski definition) is 2. The lowest BCUT2D eigenvalue weighted by Gasteiger charge is -2.59. The topological polar surface area (TPSA) is 153 Å². The van der Waals surface area contributed by atoms with Crippen LogP contribution in [0.1, 0.15) is 74.8 Å². The van der Waals surface area contributed by atoms with Gasteiger partial charge in [0.1, 0.15) is 24.1 Å². The van der Waals surface area contributed by atoms with Crippen molar-refractivity contribution in [1.82, 2.24) is 4.90 Å². The minimum absolute atomic E-state index is 0.00388. The summed E-state index contributed by atoms with van der Waals surface area (Å²) >= 11 is 1.74. The summed E-state index contributed by atoms with van der Waals surface area (Å²) in [6.45, 7) is 5.00. The fourth-order valence-electron chi connectivity index (χ4n) is 9.32. The van der Waals surface area contributed by atoms with Crippen LogP contribution in [0.25, 0.3) is 0 Å². The van der Waals surface area contributed by atoms with E-state index in [0.29, 0.717) is 37.3 Å². The number of fused-ring (bicyclic) bond motifs is 2. The Kier molecular flexibility index (Phi) is 14.6. The number of thioether (sulfide) groups is 1. The first-order chi connectivity index (χ1) is 29.3. The Balaban J connectivity index is 1.32. The number of carbonyl (C=O) groups is 1. The molecule has 1 heterocycles. The highest BCUT2D eigenvalue weighted by Crippen LogP contribution is 2.62. The van der Waals surface area contributed by atoms with E-state index in [1.54, 1.807) is 34.9 Å². The molecule has 2 saturated carbocycles. The minimum atomic E-state index is -1.31. The average Bonchev–Trinajstić information content (AvgIpc) is 4.12. The predicted molar refractivity (Wildman–Crippen MR) is 231 cm³/mol. The zero-order valence-corrected chi connectivity index (χ0v) is 35.2. The number of hydrogen-bond acceptors (Lipinski definition) is 11. The van der Waals surface area contributed by atoms with Crippen LogP contribution < -0.4 is 9.47 Å². The van der Waals surface area contributed by atoms with Crippen molar-refractivity contribution in [3.8, 4) is 11.5 Å². The van der Waals surface area contributed by atoms with Crippen LogP contribution in [0.4, 0.5) is 5.69 Å². The number of nitro benzene ring substituents is 1. The number of oxime groups is 1. The summed E-state index contributed by atoms with van der Waals surface area (Å²) in [5, 5.41) is 35.9. The Morgan fingerprint density at radius 1 is 1.05 bits per heavy atom. The second-order valence-corrected chi connectivity index (χ2v) is 17.4. The molecule has 2 fully saturated rings. The number of unbranched alkanes of at least 4 members (excludes halogenated alkanes) is 2. The number of non-ortho nitro benzene ring substituents is 1. The molecule has 320 valence electrons. The predicted octanol–water partition coefficient (Wildman–Crippen LogP) is 8.47. The molecule has 4 aliphatic rings. The summed E-state index contributed by atoms with van der Waals surface area (Å²) in [6.07, 6.45) is 10.7. The van der Waals surface area contributed by atoms with E-state index >= 15 is 0 Å². The van der Waals surface area contributed by atoms with Crippen molar-refractivity contribution in [3.63, 3.8) is 0 Å². The van der Waals surface area contributed by atoms with Gasteiger partial charge in [-0.1, -0.05) is 48.3 Å². The molecule has 0 aromatic heterocycles. The van der Waals surface area contributed by atoms with E-state index in [9.17, 15) is 25.1 Å². The largest absolute Gasteiger partial charge is 0.493 e. The molecule has 3 aliphatic carbocycles. The zero-order chi connectivity index (χ0) is 42.1. The Hall–Kier alpha value is -4.69. The minimum Gasteiger partial charge on any atom is -0.493 e. The third-order valence-electron chi connectivity index (χ3n) is 12.3. The lowest BCUT2D eigenvalue weighted by molar-refractivity contribution is -0.384. The first-order valence-electron chi connectivity index (χ1n) is 21.3. The van der Waals surface area contributed by atoms with Crippen molar-refractivity contribution in [2.24, 2.45) is 28.8 Å². The molecule has 60 heavy (non-hydrogen) atoms. The summed E-state index contributed by atoms with van der Waals surface area (Å²) in [5.74, 6) is 0.465. The number of allylic oxidation sites excluding steroid dienone is 1. The standard InChI is InChI=1S/C47H57N3O9S/c1-3-25-57-47-43(49(2)46(53)33-17-18-33)30-41(48-58-31-32-15-19-35(20-16-32)50(54)55)39-28-34(11-7-9-23-51)38(14-8-10-24-52)44(45(39)47)40-29-36(21-22-42(40)59-47)56-26-27-60-37-12-5-4-6-13-37/h3-6,12-13,15-16,19-22,28-29,33-34,38,43-45,51-52H,1,7-11,14,17-18,23-27,30-31H2,2H3. The van der Waals surface area contributed by atoms with Gasteiger partial charge in [0.25, 0.3) is 5.69 Å². The molecule has 6 atom stereocenters. The molecule has 1 amide bonds. The molecule has 0 radical (unpaired) electrons. The number of aliphatic hydroxyl groups is 2. The molecule has 0 spiro atoms. The van der Waals surface area contributed by atoms with Crippen molar-refractivity contribution in [3.05, 3.63) is 118 Å². The van der Waals surface area contributed by atoms with Gasteiger partial charge in [-0.25, -0.2) is 0 Å². The third kappa shape index (κ3) is 9.75. The maximum Gasteiger partial charge on any atom is 0.269 e. The van der Waals surface area contributed by atoms with Crippen molar-refractivity contribution in [2.45, 2.75) is 87.0 Å². The number of aliphatic hydroxyl groups excluding tert-OH is 2. The fourth-order valence-corrected chi connectivity index (χ4v) is 10.1. The summed E-state index contributed by atoms with van der Waals surface area (Å²) < 4.78 is 20.7. The molecule has 0 saturated heterocycles. The summed E-state index contributed by atoms with van der Waals surface area (Å²) in [4.78, 5) is 34.0. The normalized spacial score (nSPS) is 24.7. The summed E-state index contributed by atoms with van der Waals surface area (Å²) in [6, 6.07) is 21.9. The van der Waals surface area contributed by atoms with Gasteiger partial charge < -0.3 is 34.2 Å². The second kappa shape index (κ2) is 20.2. The maximum atomic E-state index is 14.1. The molecule has 0 bridgehead atoms. The highest BCUT2D eigenvalue weighted by molar-refractivity contribution is 7.99. The number of rotatable bonds is 22. The molecule has 3 aromatic carbocycles. The number of nitro groups is 1. The van der Waals surface area contributed by atoms with Gasteiger partial charge in [0, 0.05) is 66.9 Å². The molecular formula is C47H57N3O9S. The Morgan fingerprint density at radius 2 is 1.80 bits per heavy atom. The SMILES string of the molecule is C=CCOC12Oc3ccc(OCCSc4ccccc4)cc3C3C(CCCCO)C(CCCCO)C=C(C(=NOCc4ccc([N+](=O)[O-])cc4)CC1N(C)C(=O)C1CC1)C32. The number of amides is 1. The maximum absolute atomic E-state index is 14.1. The van der Waals surface area contributed by atoms with Crippen molar-refractivity contribution in [1.29, 1.82) is 0 Å². The molecular weight excluding hydrogens is 783 g/mol.